The maximum absolute atomic E-state index is 13.1. The molecule has 3 N–H and O–H groups in total. The average Bonchev–Trinajstić information content (AvgIpc) is 3.50. The van der Waals surface area contributed by atoms with E-state index in [2.05, 4.69) is 30.8 Å². The smallest absolute Gasteiger partial charge is 0.411 e. The first kappa shape index (κ1) is 23.7. The number of piperazine rings is 1. The van der Waals surface area contributed by atoms with Crippen LogP contribution in [0.25, 0.3) is 0 Å². The first-order valence-electron chi connectivity index (χ1n) is 11.6. The molecule has 0 radical (unpaired) electrons. The third-order valence-corrected chi connectivity index (χ3v) is 6.73. The molecule has 3 aromatic rings. The van der Waals surface area contributed by atoms with Crippen LogP contribution in [0.5, 0.6) is 0 Å². The summed E-state index contributed by atoms with van der Waals surface area (Å²) in [6.07, 6.45) is 2.76. The van der Waals surface area contributed by atoms with Crippen LogP contribution in [0.2, 0.25) is 0 Å². The Labute approximate surface area is 211 Å². The van der Waals surface area contributed by atoms with Gasteiger partial charge in [-0.1, -0.05) is 6.07 Å². The molecule has 1 fully saturated rings. The third-order valence-electron chi connectivity index (χ3n) is 5.90. The highest BCUT2D eigenvalue weighted by atomic mass is 32.1. The third kappa shape index (κ3) is 4.86. The second kappa shape index (κ2) is 10.3. The number of anilines is 4. The maximum atomic E-state index is 13.1. The van der Waals surface area contributed by atoms with E-state index in [9.17, 15) is 14.4 Å². The van der Waals surface area contributed by atoms with Crippen LogP contribution in [0.1, 0.15) is 32.6 Å². The summed E-state index contributed by atoms with van der Waals surface area (Å²) in [5.41, 5.74) is 3.28. The van der Waals surface area contributed by atoms with Crippen molar-refractivity contribution in [3.8, 4) is 0 Å². The van der Waals surface area contributed by atoms with Crippen molar-refractivity contribution in [3.63, 3.8) is 0 Å². The van der Waals surface area contributed by atoms with Crippen LogP contribution in [0, 0.1) is 0 Å². The lowest BCUT2D eigenvalue weighted by atomic mass is 10.1. The Kier molecular flexibility index (Phi) is 6.78. The molecule has 0 saturated carbocycles. The Balaban J connectivity index is 1.29. The van der Waals surface area contributed by atoms with E-state index in [4.69, 9.17) is 4.74 Å². The summed E-state index contributed by atoms with van der Waals surface area (Å²) < 4.78 is 4.89. The van der Waals surface area contributed by atoms with Gasteiger partial charge in [-0.15, -0.1) is 11.3 Å². The van der Waals surface area contributed by atoms with Gasteiger partial charge in [0.15, 0.2) is 5.01 Å². The second-order valence-corrected chi connectivity index (χ2v) is 9.06. The number of amides is 3. The molecule has 2 aliphatic heterocycles. The van der Waals surface area contributed by atoms with Crippen LogP contribution in [-0.4, -0.2) is 60.7 Å². The molecule has 0 bridgehead atoms. The molecule has 0 spiro atoms. The Bertz CT molecular complexity index is 1310. The molecule has 0 aliphatic carbocycles. The number of fused-ring (bicyclic) bond motifs is 1. The number of ether oxygens (including phenoxy) is 1. The lowest BCUT2D eigenvalue weighted by molar-refractivity contribution is 0.0991. The molecular weight excluding hydrogens is 482 g/mol. The number of hydrogen-bond donors (Lipinski definition) is 3. The van der Waals surface area contributed by atoms with Crippen molar-refractivity contribution in [2.75, 3.05) is 53.2 Å². The van der Waals surface area contributed by atoms with Crippen LogP contribution in [0.3, 0.4) is 0 Å². The summed E-state index contributed by atoms with van der Waals surface area (Å²) in [6, 6.07) is 7.01. The number of carbonyl (C=O) groups is 3. The molecule has 0 atom stereocenters. The van der Waals surface area contributed by atoms with E-state index in [1.807, 2.05) is 6.07 Å². The Hall–Kier alpha value is -4.03. The molecule has 36 heavy (non-hydrogen) atoms. The number of nitrogens with zero attached hydrogens (tertiary/aromatic N) is 4. The monoisotopic (exact) mass is 507 g/mol. The summed E-state index contributed by atoms with van der Waals surface area (Å²) in [4.78, 5) is 50.1. The van der Waals surface area contributed by atoms with Gasteiger partial charge in [0.2, 0.25) is 0 Å². The normalized spacial score (nSPS) is 15.0. The van der Waals surface area contributed by atoms with Crippen molar-refractivity contribution in [2.45, 2.75) is 13.5 Å². The highest BCUT2D eigenvalue weighted by molar-refractivity contribution is 7.12. The van der Waals surface area contributed by atoms with E-state index >= 15 is 0 Å². The fourth-order valence-corrected chi connectivity index (χ4v) is 4.88. The number of nitrogens with one attached hydrogen (secondary N) is 3. The van der Waals surface area contributed by atoms with Gasteiger partial charge in [0.05, 0.1) is 30.7 Å². The van der Waals surface area contributed by atoms with Gasteiger partial charge >= 0.3 is 6.09 Å². The van der Waals surface area contributed by atoms with Crippen molar-refractivity contribution in [1.82, 2.24) is 15.3 Å². The van der Waals surface area contributed by atoms with Crippen molar-refractivity contribution < 1.29 is 19.1 Å². The molecule has 0 unspecified atom stereocenters. The SMILES string of the molecule is CCOC(=O)Nc1ccc2c(c1)C(=O)N(c1csc(C(=O)Nc3cnccc3N3CCNCC3)n1)C2. The second-order valence-electron chi connectivity index (χ2n) is 8.20. The topological polar surface area (TPSA) is 129 Å². The first-order valence-corrected chi connectivity index (χ1v) is 12.5. The minimum Gasteiger partial charge on any atom is -0.450 e. The Morgan fingerprint density at radius 3 is 2.83 bits per heavy atom. The number of hydrogen-bond acceptors (Lipinski definition) is 9. The maximum Gasteiger partial charge on any atom is 0.411 e. The predicted molar refractivity (Wildman–Crippen MR) is 137 cm³/mol. The molecule has 1 saturated heterocycles. The van der Waals surface area contributed by atoms with Crippen LogP contribution in [0.15, 0.2) is 42.0 Å². The zero-order valence-corrected chi connectivity index (χ0v) is 20.4. The van der Waals surface area contributed by atoms with Crippen LogP contribution in [-0.2, 0) is 11.3 Å². The molecule has 5 rings (SSSR count). The fraction of sp³-hybridized carbons (Fsp3) is 0.292. The van der Waals surface area contributed by atoms with Crippen LogP contribution in [0.4, 0.5) is 27.7 Å². The number of pyridine rings is 1. The standard InChI is InChI=1S/C24H25N7O4S/c1-2-35-24(34)27-16-4-3-15-13-31(23(33)17(15)11-16)20-14-36-22(29-20)21(32)28-18-12-26-6-5-19(18)30-9-7-25-8-10-30/h3-6,11-12,14,25H,2,7-10,13H2,1H3,(H,27,34)(H,28,32). The first-order chi connectivity index (χ1) is 17.5. The zero-order valence-electron chi connectivity index (χ0n) is 19.6. The van der Waals surface area contributed by atoms with Gasteiger partial charge in [0.1, 0.15) is 5.82 Å². The minimum atomic E-state index is -0.580. The van der Waals surface area contributed by atoms with E-state index in [0.717, 1.165) is 37.4 Å². The fourth-order valence-electron chi connectivity index (χ4n) is 4.18. The van der Waals surface area contributed by atoms with E-state index in [0.29, 0.717) is 29.3 Å². The number of aromatic nitrogens is 2. The van der Waals surface area contributed by atoms with Gasteiger partial charge < -0.3 is 20.3 Å². The highest BCUT2D eigenvalue weighted by Gasteiger charge is 2.31. The lowest BCUT2D eigenvalue weighted by Crippen LogP contribution is -2.43. The summed E-state index contributed by atoms with van der Waals surface area (Å²) in [6.45, 7) is 5.71. The molecule has 11 nitrogen and oxygen atoms in total. The quantitative estimate of drug-likeness (QED) is 0.465. The summed E-state index contributed by atoms with van der Waals surface area (Å²) in [5, 5.41) is 10.8. The van der Waals surface area contributed by atoms with Gasteiger partial charge in [0, 0.05) is 49.0 Å². The van der Waals surface area contributed by atoms with Gasteiger partial charge in [0.25, 0.3) is 11.8 Å². The molecule has 2 aromatic heterocycles. The average molecular weight is 508 g/mol. The molecule has 12 heteroatoms. The van der Waals surface area contributed by atoms with E-state index < -0.39 is 6.09 Å². The molecule has 2 aliphatic rings. The lowest BCUT2D eigenvalue weighted by Gasteiger charge is -2.30. The van der Waals surface area contributed by atoms with Crippen molar-refractivity contribution in [1.29, 1.82) is 0 Å². The zero-order chi connectivity index (χ0) is 25.1. The van der Waals surface area contributed by atoms with Crippen molar-refractivity contribution in [3.05, 3.63) is 58.2 Å². The van der Waals surface area contributed by atoms with E-state index in [-0.39, 0.29) is 23.4 Å². The van der Waals surface area contributed by atoms with Gasteiger partial charge in [-0.25, -0.2) is 9.78 Å². The van der Waals surface area contributed by atoms with Crippen LogP contribution < -0.4 is 25.8 Å². The van der Waals surface area contributed by atoms with E-state index in [1.165, 1.54) is 16.2 Å². The molecule has 1 aromatic carbocycles. The largest absolute Gasteiger partial charge is 0.450 e. The van der Waals surface area contributed by atoms with Gasteiger partial charge in [-0.3, -0.25) is 24.8 Å². The van der Waals surface area contributed by atoms with Crippen molar-refractivity contribution in [2.24, 2.45) is 0 Å². The number of carbonyl (C=O) groups excluding carboxylic acids is 3. The summed E-state index contributed by atoms with van der Waals surface area (Å²) >= 11 is 1.17. The minimum absolute atomic E-state index is 0.244. The number of thiazole rings is 1. The molecule has 3 amide bonds. The predicted octanol–water partition coefficient (Wildman–Crippen LogP) is 2.93. The van der Waals surface area contributed by atoms with E-state index in [1.54, 1.807) is 42.9 Å². The van der Waals surface area contributed by atoms with Gasteiger partial charge in [-0.2, -0.15) is 0 Å². The van der Waals surface area contributed by atoms with Gasteiger partial charge in [-0.05, 0) is 30.7 Å². The number of rotatable bonds is 6. The summed E-state index contributed by atoms with van der Waals surface area (Å²) in [7, 11) is 0. The highest BCUT2D eigenvalue weighted by Crippen LogP contribution is 2.32. The number of benzene rings is 1. The Morgan fingerprint density at radius 2 is 2.03 bits per heavy atom. The Morgan fingerprint density at radius 1 is 1.19 bits per heavy atom. The molecule has 186 valence electrons. The van der Waals surface area contributed by atoms with Crippen LogP contribution >= 0.6 is 11.3 Å². The summed E-state index contributed by atoms with van der Waals surface area (Å²) in [5.74, 6) is -0.205. The molecule has 4 heterocycles. The van der Waals surface area contributed by atoms with Crippen molar-refractivity contribution >= 4 is 52.1 Å². The molecular formula is C24H25N7O4S.